The second-order valence-corrected chi connectivity index (χ2v) is 3.70. The zero-order valence-corrected chi connectivity index (χ0v) is 9.71. The Morgan fingerprint density at radius 2 is 2.21 bits per heavy atom. The highest BCUT2D eigenvalue weighted by Crippen LogP contribution is 2.09. The summed E-state index contributed by atoms with van der Waals surface area (Å²) in [5.74, 6) is -1.06. The minimum absolute atomic E-state index is 0.0512. The normalized spacial score (nSPS) is 10.4. The highest BCUT2D eigenvalue weighted by atomic mass is 19.1. The van der Waals surface area contributed by atoms with Gasteiger partial charge in [0.05, 0.1) is 6.61 Å². The first-order valence-corrected chi connectivity index (χ1v) is 5.34. The van der Waals surface area contributed by atoms with E-state index >= 15 is 0 Å². The fraction of sp³-hybridized carbons (Fsp3) is 0.167. The Hall–Kier alpha value is -2.41. The summed E-state index contributed by atoms with van der Waals surface area (Å²) >= 11 is 0. The minimum atomic E-state index is -1.000. The van der Waals surface area contributed by atoms with Gasteiger partial charge in [-0.1, -0.05) is 17.3 Å². The van der Waals surface area contributed by atoms with Crippen LogP contribution in [0.5, 0.6) is 0 Å². The van der Waals surface area contributed by atoms with Crippen LogP contribution < -0.4 is 0 Å². The molecule has 98 valence electrons. The van der Waals surface area contributed by atoms with Crippen molar-refractivity contribution in [2.24, 2.45) is 5.18 Å². The summed E-state index contributed by atoms with van der Waals surface area (Å²) in [6, 6.07) is 7.26. The number of ether oxygens (including phenoxy) is 1. The summed E-state index contributed by atoms with van der Waals surface area (Å²) in [5.41, 5.74) is 0.504. The lowest BCUT2D eigenvalue weighted by Crippen LogP contribution is -1.94. The van der Waals surface area contributed by atoms with Gasteiger partial charge in [0.2, 0.25) is 0 Å². The smallest absolute Gasteiger partial charge is 0.338 e. The molecule has 0 aliphatic rings. The van der Waals surface area contributed by atoms with E-state index in [9.17, 15) is 14.1 Å². The van der Waals surface area contributed by atoms with Gasteiger partial charge < -0.3 is 9.26 Å². The number of carbonyl (C=O) groups is 1. The summed E-state index contributed by atoms with van der Waals surface area (Å²) < 4.78 is 22.9. The molecule has 0 radical (unpaired) electrons. The molecule has 0 atom stereocenters. The number of carbonyl (C=O) groups excluding carboxylic acids is 1. The van der Waals surface area contributed by atoms with Gasteiger partial charge in [-0.2, -0.15) is 0 Å². The van der Waals surface area contributed by atoms with Crippen LogP contribution >= 0.6 is 0 Å². The van der Waals surface area contributed by atoms with Gasteiger partial charge in [0.25, 0.3) is 0 Å². The van der Waals surface area contributed by atoms with Crippen molar-refractivity contribution >= 4 is 5.91 Å². The maximum atomic E-state index is 12.9. The highest BCUT2D eigenvalue weighted by molar-refractivity contribution is 5.92. The predicted octanol–water partition coefficient (Wildman–Crippen LogP) is 2.44. The van der Waals surface area contributed by atoms with Gasteiger partial charge in [0.1, 0.15) is 12.4 Å². The molecular weight excluding hydrogens is 255 g/mol. The van der Waals surface area contributed by atoms with E-state index in [0.29, 0.717) is 5.56 Å². The molecule has 0 saturated heterocycles. The maximum Gasteiger partial charge on any atom is 0.338 e. The Balaban J connectivity index is 1.87. The number of rotatable bonds is 5. The zero-order valence-electron chi connectivity index (χ0n) is 9.71. The van der Waals surface area contributed by atoms with E-state index in [1.165, 1.54) is 18.2 Å². The van der Waals surface area contributed by atoms with Crippen LogP contribution in [0.3, 0.4) is 0 Å². The van der Waals surface area contributed by atoms with Crippen LogP contribution in [0.25, 0.3) is 0 Å². The number of benzene rings is 1. The van der Waals surface area contributed by atoms with Gasteiger partial charge in [0.15, 0.2) is 11.5 Å². The number of hydrogen-bond acceptors (Lipinski definition) is 5. The van der Waals surface area contributed by atoms with Crippen molar-refractivity contribution in [1.82, 2.24) is 5.16 Å². The zero-order chi connectivity index (χ0) is 13.7. The number of nitroso groups, excluding NO2 is 1. The van der Waals surface area contributed by atoms with E-state index in [1.807, 2.05) is 0 Å². The predicted molar refractivity (Wildman–Crippen MR) is 61.5 cm³/mol. The van der Waals surface area contributed by atoms with Crippen LogP contribution in [0, 0.1) is 10.7 Å². The Kier molecular flexibility index (Phi) is 4.09. The highest BCUT2D eigenvalue weighted by Gasteiger charge is 2.12. The maximum absolute atomic E-state index is 12.9. The standard InChI is InChI=1S/C12H9FN2O4/c13-9-3-1-2-8(4-9)6-18-7-10-5-11(15-19-10)12(16)14-17/h1-5H,6-7H2. The number of amides is 1. The summed E-state index contributed by atoms with van der Waals surface area (Å²) in [5, 5.41) is 5.58. The molecule has 1 heterocycles. The Morgan fingerprint density at radius 1 is 1.37 bits per heavy atom. The second kappa shape index (κ2) is 5.96. The van der Waals surface area contributed by atoms with Crippen molar-refractivity contribution in [3.8, 4) is 0 Å². The summed E-state index contributed by atoms with van der Waals surface area (Å²) in [4.78, 5) is 20.9. The van der Waals surface area contributed by atoms with E-state index in [-0.39, 0.29) is 30.5 Å². The molecule has 6 nitrogen and oxygen atoms in total. The van der Waals surface area contributed by atoms with Crippen molar-refractivity contribution in [3.63, 3.8) is 0 Å². The van der Waals surface area contributed by atoms with Gasteiger partial charge in [-0.05, 0) is 17.7 Å². The van der Waals surface area contributed by atoms with Crippen LogP contribution in [0.4, 0.5) is 4.39 Å². The van der Waals surface area contributed by atoms with Gasteiger partial charge in [-0.15, -0.1) is 4.91 Å². The number of aromatic nitrogens is 1. The molecule has 0 aliphatic carbocycles. The van der Waals surface area contributed by atoms with E-state index in [0.717, 1.165) is 0 Å². The first-order chi connectivity index (χ1) is 9.19. The third kappa shape index (κ3) is 3.52. The van der Waals surface area contributed by atoms with Crippen molar-refractivity contribution in [2.75, 3.05) is 0 Å². The Bertz CT molecular complexity index is 597. The van der Waals surface area contributed by atoms with Crippen LogP contribution in [0.1, 0.15) is 21.8 Å². The molecule has 1 aromatic carbocycles. The third-order valence-electron chi connectivity index (χ3n) is 2.26. The molecule has 19 heavy (non-hydrogen) atoms. The quantitative estimate of drug-likeness (QED) is 0.774. The fourth-order valence-corrected chi connectivity index (χ4v) is 1.42. The van der Waals surface area contributed by atoms with Gasteiger partial charge in [-0.25, -0.2) is 4.39 Å². The van der Waals surface area contributed by atoms with E-state index in [1.54, 1.807) is 12.1 Å². The van der Waals surface area contributed by atoms with Crippen molar-refractivity contribution in [3.05, 3.63) is 58.1 Å². The monoisotopic (exact) mass is 264 g/mol. The van der Waals surface area contributed by atoms with E-state index in [2.05, 4.69) is 10.3 Å². The lowest BCUT2D eigenvalue weighted by molar-refractivity contribution is 0.0879. The molecule has 0 saturated carbocycles. The molecule has 0 unspecified atom stereocenters. The minimum Gasteiger partial charge on any atom is -0.369 e. The molecule has 0 bridgehead atoms. The summed E-state index contributed by atoms with van der Waals surface area (Å²) in [6.45, 7) is 0.239. The van der Waals surface area contributed by atoms with Gasteiger partial charge in [-0.3, -0.25) is 4.79 Å². The molecule has 1 aromatic heterocycles. The molecule has 2 rings (SSSR count). The Morgan fingerprint density at radius 3 is 2.95 bits per heavy atom. The lowest BCUT2D eigenvalue weighted by atomic mass is 10.2. The molecule has 0 fully saturated rings. The van der Waals surface area contributed by atoms with Crippen LogP contribution in [0.15, 0.2) is 40.0 Å². The van der Waals surface area contributed by atoms with Crippen molar-refractivity contribution in [1.29, 1.82) is 0 Å². The van der Waals surface area contributed by atoms with Crippen molar-refractivity contribution < 1.29 is 18.4 Å². The fourth-order valence-electron chi connectivity index (χ4n) is 1.42. The van der Waals surface area contributed by atoms with E-state index in [4.69, 9.17) is 9.26 Å². The van der Waals surface area contributed by atoms with Crippen molar-refractivity contribution in [2.45, 2.75) is 13.2 Å². The molecule has 0 N–H and O–H groups in total. The van der Waals surface area contributed by atoms with Crippen LogP contribution in [0.2, 0.25) is 0 Å². The van der Waals surface area contributed by atoms with Gasteiger partial charge in [0, 0.05) is 11.2 Å². The number of nitrogens with zero attached hydrogens (tertiary/aromatic N) is 2. The average molecular weight is 264 g/mol. The Labute approximate surface area is 107 Å². The van der Waals surface area contributed by atoms with E-state index < -0.39 is 5.91 Å². The average Bonchev–Trinajstić information content (AvgIpc) is 2.87. The van der Waals surface area contributed by atoms with Crippen LogP contribution in [-0.4, -0.2) is 11.1 Å². The molecule has 0 aliphatic heterocycles. The largest absolute Gasteiger partial charge is 0.369 e. The number of hydrogen-bond donors (Lipinski definition) is 0. The lowest BCUT2D eigenvalue weighted by Gasteiger charge is -2.01. The van der Waals surface area contributed by atoms with Gasteiger partial charge >= 0.3 is 5.91 Å². The number of halogens is 1. The molecule has 0 spiro atoms. The molecule has 7 heteroatoms. The molecule has 1 amide bonds. The SMILES string of the molecule is O=NC(=O)c1cc(COCc2cccc(F)c2)on1. The topological polar surface area (TPSA) is 81.8 Å². The summed E-state index contributed by atoms with van der Waals surface area (Å²) in [6.07, 6.45) is 0. The van der Waals surface area contributed by atoms with Crippen LogP contribution in [-0.2, 0) is 18.0 Å². The first kappa shape index (κ1) is 13.0. The first-order valence-electron chi connectivity index (χ1n) is 5.34. The molecule has 2 aromatic rings. The third-order valence-corrected chi connectivity index (χ3v) is 2.26. The molecular formula is C12H9FN2O4. The second-order valence-electron chi connectivity index (χ2n) is 3.70. The summed E-state index contributed by atoms with van der Waals surface area (Å²) in [7, 11) is 0.